The first-order valence-corrected chi connectivity index (χ1v) is 12.0. The van der Waals surface area contributed by atoms with E-state index in [1.807, 2.05) is 61.5 Å². The van der Waals surface area contributed by atoms with Gasteiger partial charge in [0.15, 0.2) is 5.11 Å². The second-order valence-corrected chi connectivity index (χ2v) is 9.06. The van der Waals surface area contributed by atoms with Crippen LogP contribution in [0.5, 0.6) is 11.5 Å². The first kappa shape index (κ1) is 23.2. The lowest BCUT2D eigenvalue weighted by Crippen LogP contribution is -2.30. The van der Waals surface area contributed by atoms with Crippen LogP contribution in [0.15, 0.2) is 79.1 Å². The summed E-state index contributed by atoms with van der Waals surface area (Å²) in [6.07, 6.45) is 3.85. The Kier molecular flexibility index (Phi) is 6.36. The molecule has 0 amide bonds. The fourth-order valence-electron chi connectivity index (χ4n) is 4.55. The van der Waals surface area contributed by atoms with E-state index in [0.717, 1.165) is 33.3 Å². The molecule has 0 bridgehead atoms. The highest BCUT2D eigenvalue weighted by Crippen LogP contribution is 2.45. The average molecular weight is 505 g/mol. The van der Waals surface area contributed by atoms with Gasteiger partial charge in [-0.2, -0.15) is 0 Å². The lowest BCUT2D eigenvalue weighted by molar-refractivity contribution is 0.394. The van der Waals surface area contributed by atoms with Crippen LogP contribution in [-0.4, -0.2) is 28.9 Å². The zero-order chi connectivity index (χ0) is 24.5. The number of nitrogens with one attached hydrogen (secondary N) is 1. The molecule has 35 heavy (non-hydrogen) atoms. The van der Waals surface area contributed by atoms with Gasteiger partial charge in [0, 0.05) is 34.9 Å². The van der Waals surface area contributed by atoms with Crippen LogP contribution >= 0.6 is 23.8 Å². The summed E-state index contributed by atoms with van der Waals surface area (Å²) in [6.45, 7) is 2.01. The average Bonchev–Trinajstić information content (AvgIpc) is 3.50. The first-order valence-electron chi connectivity index (χ1n) is 11.2. The number of methoxy groups -OCH3 is 2. The highest BCUT2D eigenvalue weighted by Gasteiger charge is 2.43. The highest BCUT2D eigenvalue weighted by atomic mass is 35.5. The van der Waals surface area contributed by atoms with Crippen molar-refractivity contribution in [2.75, 3.05) is 19.1 Å². The maximum absolute atomic E-state index is 6.32. The van der Waals surface area contributed by atoms with Gasteiger partial charge in [-0.1, -0.05) is 17.7 Å². The van der Waals surface area contributed by atoms with Crippen LogP contribution in [0.25, 0.3) is 5.69 Å². The summed E-state index contributed by atoms with van der Waals surface area (Å²) in [5.74, 6) is 1.38. The van der Waals surface area contributed by atoms with Crippen LogP contribution in [0.1, 0.15) is 29.0 Å². The number of ether oxygens (including phenoxy) is 2. The van der Waals surface area contributed by atoms with Gasteiger partial charge in [0.25, 0.3) is 0 Å². The molecule has 2 atom stereocenters. The van der Waals surface area contributed by atoms with Crippen molar-refractivity contribution in [2.45, 2.75) is 19.0 Å². The Morgan fingerprint density at radius 2 is 1.86 bits per heavy atom. The minimum atomic E-state index is -0.203. The molecular formula is C27H25ClN4O2S. The summed E-state index contributed by atoms with van der Waals surface area (Å²) in [4.78, 5) is 6.75. The number of hydrogen-bond donors (Lipinski definition) is 1. The van der Waals surface area contributed by atoms with Crippen molar-refractivity contribution in [3.05, 3.63) is 101 Å². The standard InChI is InChI=1S/C27H25ClN4O2S/c1-17-15-18(9-11-20(17)28)31-14-6-8-23(31)26-25(21-7-4-5-13-29-21)30-27(35)32(26)22-12-10-19(33-2)16-24(22)34-3/h4-16,25-26H,1-3H3,(H,30,35)/t25-,26+/m0/s1. The number of halogens is 1. The number of aryl methyl sites for hydroxylation is 1. The second kappa shape index (κ2) is 9.60. The van der Waals surface area contributed by atoms with E-state index in [1.165, 1.54) is 0 Å². The molecule has 8 heteroatoms. The third kappa shape index (κ3) is 4.22. The number of rotatable bonds is 6. The summed E-state index contributed by atoms with van der Waals surface area (Å²) < 4.78 is 13.3. The number of benzene rings is 2. The Balaban J connectivity index is 1.69. The quantitative estimate of drug-likeness (QED) is 0.324. The molecule has 1 N–H and O–H groups in total. The molecule has 0 saturated carbocycles. The third-order valence-corrected chi connectivity index (χ3v) is 6.99. The van der Waals surface area contributed by atoms with Gasteiger partial charge in [0.2, 0.25) is 0 Å². The topological polar surface area (TPSA) is 51.5 Å². The number of thiocarbonyl (C=S) groups is 1. The zero-order valence-corrected chi connectivity index (χ0v) is 21.2. The molecule has 1 aliphatic heterocycles. The van der Waals surface area contributed by atoms with Gasteiger partial charge in [0.05, 0.1) is 31.6 Å². The third-order valence-electron chi connectivity index (χ3n) is 6.25. The molecule has 3 heterocycles. The van der Waals surface area contributed by atoms with Crippen LogP contribution in [0.3, 0.4) is 0 Å². The summed E-state index contributed by atoms with van der Waals surface area (Å²) >= 11 is 12.2. The lowest BCUT2D eigenvalue weighted by Gasteiger charge is -2.30. The van der Waals surface area contributed by atoms with E-state index < -0.39 is 0 Å². The van der Waals surface area contributed by atoms with E-state index in [4.69, 9.17) is 33.3 Å². The molecule has 1 aliphatic rings. The molecule has 2 aromatic heterocycles. The predicted molar refractivity (Wildman–Crippen MR) is 143 cm³/mol. The predicted octanol–water partition coefficient (Wildman–Crippen LogP) is 6.03. The molecule has 0 radical (unpaired) electrons. The van der Waals surface area contributed by atoms with E-state index in [-0.39, 0.29) is 12.1 Å². The van der Waals surface area contributed by atoms with E-state index in [1.54, 1.807) is 20.4 Å². The molecule has 1 saturated heterocycles. The first-order chi connectivity index (χ1) is 17.0. The SMILES string of the molecule is COc1ccc(N2C(=S)N[C@@H](c3ccccn3)[C@H]2c2cccn2-c2ccc(Cl)c(C)c2)c(OC)c1. The van der Waals surface area contributed by atoms with Gasteiger partial charge in [0.1, 0.15) is 17.5 Å². The number of nitrogens with zero attached hydrogens (tertiary/aromatic N) is 3. The summed E-state index contributed by atoms with van der Waals surface area (Å²) in [7, 11) is 3.28. The van der Waals surface area contributed by atoms with Gasteiger partial charge in [-0.05, 0) is 79.3 Å². The molecule has 0 unspecified atom stereocenters. The summed E-state index contributed by atoms with van der Waals surface area (Å²) in [6, 6.07) is 21.5. The minimum Gasteiger partial charge on any atom is -0.497 e. The van der Waals surface area contributed by atoms with E-state index >= 15 is 0 Å². The molecule has 2 aromatic carbocycles. The van der Waals surface area contributed by atoms with Crippen molar-refractivity contribution in [3.63, 3.8) is 0 Å². The zero-order valence-electron chi connectivity index (χ0n) is 19.6. The molecule has 0 aliphatic carbocycles. The van der Waals surface area contributed by atoms with Crippen molar-refractivity contribution in [2.24, 2.45) is 0 Å². The number of aromatic nitrogens is 2. The van der Waals surface area contributed by atoms with Crippen LogP contribution in [0, 0.1) is 6.92 Å². The second-order valence-electron chi connectivity index (χ2n) is 8.27. The Morgan fingerprint density at radius 1 is 1.00 bits per heavy atom. The molecular weight excluding hydrogens is 480 g/mol. The number of pyridine rings is 1. The van der Waals surface area contributed by atoms with Crippen LogP contribution in [-0.2, 0) is 0 Å². The minimum absolute atomic E-state index is 0.183. The fraction of sp³-hybridized carbons (Fsp3) is 0.185. The van der Waals surface area contributed by atoms with Crippen LogP contribution in [0.4, 0.5) is 5.69 Å². The van der Waals surface area contributed by atoms with E-state index in [9.17, 15) is 0 Å². The van der Waals surface area contributed by atoms with Crippen molar-refractivity contribution in [3.8, 4) is 17.2 Å². The molecule has 1 fully saturated rings. The molecule has 5 rings (SSSR count). The van der Waals surface area contributed by atoms with Gasteiger partial charge < -0.3 is 24.3 Å². The van der Waals surface area contributed by atoms with Crippen molar-refractivity contribution in [1.29, 1.82) is 0 Å². The molecule has 6 nitrogen and oxygen atoms in total. The molecule has 4 aromatic rings. The maximum atomic E-state index is 6.32. The van der Waals surface area contributed by atoms with Gasteiger partial charge in [-0.15, -0.1) is 0 Å². The van der Waals surface area contributed by atoms with Crippen molar-refractivity contribution in [1.82, 2.24) is 14.9 Å². The molecule has 178 valence electrons. The smallest absolute Gasteiger partial charge is 0.174 e. The van der Waals surface area contributed by atoms with E-state index in [2.05, 4.69) is 38.1 Å². The largest absolute Gasteiger partial charge is 0.497 e. The van der Waals surface area contributed by atoms with Crippen molar-refractivity contribution >= 4 is 34.6 Å². The number of hydrogen-bond acceptors (Lipinski definition) is 4. The lowest BCUT2D eigenvalue weighted by atomic mass is 10.0. The Bertz CT molecular complexity index is 1370. The Morgan fingerprint density at radius 3 is 2.57 bits per heavy atom. The highest BCUT2D eigenvalue weighted by molar-refractivity contribution is 7.80. The molecule has 0 spiro atoms. The Hall–Kier alpha value is -3.55. The van der Waals surface area contributed by atoms with Crippen LogP contribution in [0.2, 0.25) is 5.02 Å². The van der Waals surface area contributed by atoms with E-state index in [0.29, 0.717) is 16.6 Å². The summed E-state index contributed by atoms with van der Waals surface area (Å²) in [5.41, 5.74) is 4.82. The maximum Gasteiger partial charge on any atom is 0.174 e. The monoisotopic (exact) mass is 504 g/mol. The van der Waals surface area contributed by atoms with Gasteiger partial charge >= 0.3 is 0 Å². The fourth-order valence-corrected chi connectivity index (χ4v) is 5.00. The summed E-state index contributed by atoms with van der Waals surface area (Å²) in [5, 5.41) is 4.84. The van der Waals surface area contributed by atoms with Gasteiger partial charge in [-0.3, -0.25) is 4.98 Å². The van der Waals surface area contributed by atoms with Crippen LogP contribution < -0.4 is 19.7 Å². The Labute approximate surface area is 215 Å². The normalized spacial score (nSPS) is 17.4. The van der Waals surface area contributed by atoms with Gasteiger partial charge in [-0.25, -0.2) is 0 Å². The number of anilines is 1. The van der Waals surface area contributed by atoms with Crippen molar-refractivity contribution < 1.29 is 9.47 Å².